The summed E-state index contributed by atoms with van der Waals surface area (Å²) >= 11 is 0. The van der Waals surface area contributed by atoms with Gasteiger partial charge in [0.05, 0.1) is 6.67 Å². The van der Waals surface area contributed by atoms with E-state index in [1.165, 1.54) is 11.0 Å². The van der Waals surface area contributed by atoms with E-state index < -0.39 is 11.9 Å². The molecule has 0 aliphatic carbocycles. The molecule has 21 heavy (non-hydrogen) atoms. The molecule has 1 unspecified atom stereocenters. The van der Waals surface area contributed by atoms with Gasteiger partial charge >= 0.3 is 0 Å². The van der Waals surface area contributed by atoms with Gasteiger partial charge in [0.2, 0.25) is 11.8 Å². The number of carbonyl (C=O) groups excluding carboxylic acids is 3. The van der Waals surface area contributed by atoms with E-state index in [2.05, 4.69) is 17.2 Å². The van der Waals surface area contributed by atoms with Gasteiger partial charge in [-0.05, 0) is 26.3 Å². The van der Waals surface area contributed by atoms with Gasteiger partial charge in [-0.3, -0.25) is 25.0 Å². The van der Waals surface area contributed by atoms with E-state index in [0.717, 1.165) is 13.0 Å². The van der Waals surface area contributed by atoms with Gasteiger partial charge in [0, 0.05) is 12.0 Å². The predicted molar refractivity (Wildman–Crippen MR) is 80.1 cm³/mol. The second-order valence-electron chi connectivity index (χ2n) is 4.99. The number of amides is 3. The van der Waals surface area contributed by atoms with Crippen molar-refractivity contribution in [3.8, 4) is 0 Å². The Morgan fingerprint density at radius 1 is 1.52 bits per heavy atom. The lowest BCUT2D eigenvalue weighted by Crippen LogP contribution is -2.56. The lowest BCUT2D eigenvalue weighted by Gasteiger charge is -2.33. The quantitative estimate of drug-likeness (QED) is 0.238. The van der Waals surface area contributed by atoms with Crippen LogP contribution in [0.25, 0.3) is 0 Å². The molecule has 0 aromatic heterocycles. The average Bonchev–Trinajstić information content (AvgIpc) is 2.44. The largest absolute Gasteiger partial charge is 0.314 e. The molecule has 0 spiro atoms. The monoisotopic (exact) mass is 293 g/mol. The van der Waals surface area contributed by atoms with Crippen LogP contribution >= 0.6 is 0 Å². The first-order chi connectivity index (χ1) is 10.0. The van der Waals surface area contributed by atoms with Crippen molar-refractivity contribution >= 4 is 17.7 Å². The van der Waals surface area contributed by atoms with E-state index in [4.69, 9.17) is 0 Å². The Hall–Kier alpha value is -1.95. The standard InChI is InChI=1S/C15H23N3O3/c1-4-6-11(3)15(21)18(10-16-9-5-2)12-7-8-13(19)17-14(12)20/h4,6,12,16H,1,5,7-10H2,2-3H3,(H,17,19,20)/b11-6+. The summed E-state index contributed by atoms with van der Waals surface area (Å²) in [7, 11) is 0. The molecule has 1 aliphatic heterocycles. The summed E-state index contributed by atoms with van der Waals surface area (Å²) in [6, 6.07) is -0.618. The Labute approximate surface area is 125 Å². The van der Waals surface area contributed by atoms with Crippen LogP contribution in [0.2, 0.25) is 0 Å². The van der Waals surface area contributed by atoms with E-state index in [9.17, 15) is 14.4 Å². The van der Waals surface area contributed by atoms with E-state index >= 15 is 0 Å². The Kier molecular flexibility index (Phi) is 6.81. The van der Waals surface area contributed by atoms with Gasteiger partial charge in [-0.25, -0.2) is 0 Å². The summed E-state index contributed by atoms with van der Waals surface area (Å²) in [4.78, 5) is 37.1. The Balaban J connectivity index is 2.88. The SMILES string of the molecule is C=C/C=C(\C)C(=O)N(CNCCC)C1CCC(=O)NC1=O. The van der Waals surface area contributed by atoms with Crippen molar-refractivity contribution in [2.75, 3.05) is 13.2 Å². The normalized spacial score (nSPS) is 19.1. The highest BCUT2D eigenvalue weighted by atomic mass is 16.2. The number of allylic oxidation sites excluding steroid dienone is 2. The van der Waals surface area contributed by atoms with Crippen molar-refractivity contribution in [1.82, 2.24) is 15.5 Å². The number of nitrogens with zero attached hydrogens (tertiary/aromatic N) is 1. The number of nitrogens with one attached hydrogen (secondary N) is 2. The highest BCUT2D eigenvalue weighted by Gasteiger charge is 2.34. The number of piperidine rings is 1. The van der Waals surface area contributed by atoms with Crippen LogP contribution < -0.4 is 10.6 Å². The van der Waals surface area contributed by atoms with Crippen molar-refractivity contribution in [3.05, 3.63) is 24.3 Å². The van der Waals surface area contributed by atoms with Crippen LogP contribution in [0.3, 0.4) is 0 Å². The molecule has 1 fully saturated rings. The third-order valence-corrected chi connectivity index (χ3v) is 3.26. The highest BCUT2D eigenvalue weighted by molar-refractivity contribution is 6.03. The lowest BCUT2D eigenvalue weighted by atomic mass is 10.0. The van der Waals surface area contributed by atoms with Gasteiger partial charge < -0.3 is 4.90 Å². The average molecular weight is 293 g/mol. The molecule has 0 radical (unpaired) electrons. The molecular formula is C15H23N3O3. The van der Waals surface area contributed by atoms with Crippen LogP contribution in [0.1, 0.15) is 33.1 Å². The van der Waals surface area contributed by atoms with Crippen LogP contribution in [0.4, 0.5) is 0 Å². The minimum atomic E-state index is -0.618. The fourth-order valence-corrected chi connectivity index (χ4v) is 2.15. The maximum absolute atomic E-state index is 12.5. The number of hydrogen-bond donors (Lipinski definition) is 2. The second kappa shape index (κ2) is 8.36. The summed E-state index contributed by atoms with van der Waals surface area (Å²) < 4.78 is 0. The third kappa shape index (κ3) is 4.82. The molecule has 1 atom stereocenters. The fourth-order valence-electron chi connectivity index (χ4n) is 2.15. The van der Waals surface area contributed by atoms with Crippen LogP contribution in [-0.4, -0.2) is 41.9 Å². The Morgan fingerprint density at radius 2 is 2.24 bits per heavy atom. The topological polar surface area (TPSA) is 78.5 Å². The number of rotatable bonds is 7. The molecule has 0 aromatic carbocycles. The van der Waals surface area contributed by atoms with Gasteiger partial charge in [-0.2, -0.15) is 0 Å². The molecule has 2 N–H and O–H groups in total. The van der Waals surface area contributed by atoms with Gasteiger partial charge in [-0.15, -0.1) is 0 Å². The van der Waals surface area contributed by atoms with E-state index in [1.54, 1.807) is 13.0 Å². The van der Waals surface area contributed by atoms with Crippen LogP contribution in [0, 0.1) is 0 Å². The second-order valence-corrected chi connectivity index (χ2v) is 4.99. The molecule has 1 rings (SSSR count). The van der Waals surface area contributed by atoms with E-state index in [1.807, 2.05) is 6.92 Å². The maximum Gasteiger partial charge on any atom is 0.251 e. The molecule has 3 amide bonds. The number of hydrogen-bond acceptors (Lipinski definition) is 4. The van der Waals surface area contributed by atoms with Crippen LogP contribution in [-0.2, 0) is 14.4 Å². The molecule has 0 aromatic rings. The van der Waals surface area contributed by atoms with Crippen LogP contribution in [0.5, 0.6) is 0 Å². The van der Waals surface area contributed by atoms with Crippen molar-refractivity contribution in [3.63, 3.8) is 0 Å². The molecule has 6 heteroatoms. The Morgan fingerprint density at radius 3 is 2.81 bits per heavy atom. The van der Waals surface area contributed by atoms with Gasteiger partial charge in [0.25, 0.3) is 5.91 Å². The van der Waals surface area contributed by atoms with Crippen molar-refractivity contribution in [2.45, 2.75) is 39.2 Å². The molecule has 1 aliphatic rings. The van der Waals surface area contributed by atoms with E-state index in [-0.39, 0.29) is 24.9 Å². The summed E-state index contributed by atoms with van der Waals surface area (Å²) in [6.07, 6.45) is 4.68. The molecule has 1 heterocycles. The zero-order valence-corrected chi connectivity index (χ0v) is 12.6. The minimum absolute atomic E-state index is 0.229. The van der Waals surface area contributed by atoms with E-state index in [0.29, 0.717) is 12.0 Å². The fraction of sp³-hybridized carbons (Fsp3) is 0.533. The number of carbonyl (C=O) groups is 3. The first kappa shape index (κ1) is 17.1. The van der Waals surface area contributed by atoms with Gasteiger partial charge in [-0.1, -0.05) is 25.7 Å². The zero-order valence-electron chi connectivity index (χ0n) is 12.6. The maximum atomic E-state index is 12.5. The van der Waals surface area contributed by atoms with Crippen molar-refractivity contribution < 1.29 is 14.4 Å². The first-order valence-corrected chi connectivity index (χ1v) is 7.16. The summed E-state index contributed by atoms with van der Waals surface area (Å²) in [5.74, 6) is -0.930. The molecule has 1 saturated heterocycles. The van der Waals surface area contributed by atoms with Crippen molar-refractivity contribution in [1.29, 1.82) is 0 Å². The predicted octanol–water partition coefficient (Wildman–Crippen LogP) is 0.710. The summed E-state index contributed by atoms with van der Waals surface area (Å²) in [5, 5.41) is 5.42. The molecule has 0 saturated carbocycles. The van der Waals surface area contributed by atoms with Crippen molar-refractivity contribution in [2.24, 2.45) is 0 Å². The molecule has 116 valence electrons. The summed E-state index contributed by atoms with van der Waals surface area (Å²) in [6.45, 7) is 8.30. The minimum Gasteiger partial charge on any atom is -0.314 e. The smallest absolute Gasteiger partial charge is 0.251 e. The molecule has 6 nitrogen and oxygen atoms in total. The third-order valence-electron chi connectivity index (χ3n) is 3.26. The molecular weight excluding hydrogens is 270 g/mol. The highest BCUT2D eigenvalue weighted by Crippen LogP contribution is 2.14. The first-order valence-electron chi connectivity index (χ1n) is 7.16. The van der Waals surface area contributed by atoms with Gasteiger partial charge in [0.15, 0.2) is 0 Å². The zero-order chi connectivity index (χ0) is 15.8. The summed E-state index contributed by atoms with van der Waals surface area (Å²) in [5.41, 5.74) is 0.507. The van der Waals surface area contributed by atoms with Crippen LogP contribution in [0.15, 0.2) is 24.3 Å². The Bertz CT molecular complexity index is 457. The number of imide groups is 1. The van der Waals surface area contributed by atoms with Gasteiger partial charge in [0.1, 0.15) is 6.04 Å². The lowest BCUT2D eigenvalue weighted by molar-refractivity contribution is -0.144. The molecule has 0 bridgehead atoms.